The van der Waals surface area contributed by atoms with E-state index in [1.165, 1.54) is 18.1 Å². The van der Waals surface area contributed by atoms with Crippen molar-refractivity contribution in [1.29, 1.82) is 0 Å². The molecule has 0 fully saturated rings. The third-order valence-electron chi connectivity index (χ3n) is 1.33. The lowest BCUT2D eigenvalue weighted by atomic mass is 11.0. The van der Waals surface area contributed by atoms with Crippen LogP contribution in [-0.2, 0) is 0 Å². The Morgan fingerprint density at radius 2 is 2.50 bits per heavy atom. The van der Waals surface area contributed by atoms with Crippen molar-refractivity contribution in [2.75, 3.05) is 6.26 Å². The van der Waals surface area contributed by atoms with E-state index in [0.29, 0.717) is 10.9 Å². The van der Waals surface area contributed by atoms with Crippen LogP contribution in [0.25, 0.3) is 5.78 Å². The summed E-state index contributed by atoms with van der Waals surface area (Å²) in [4.78, 5) is 21.5. The van der Waals surface area contributed by atoms with E-state index in [2.05, 4.69) is 20.1 Å². The van der Waals surface area contributed by atoms with Gasteiger partial charge in [0.25, 0.3) is 5.78 Å². The zero-order valence-corrected chi connectivity index (χ0v) is 7.00. The number of nitrogens with zero attached hydrogens (tertiary/aromatic N) is 4. The van der Waals surface area contributed by atoms with Gasteiger partial charge in [0, 0.05) is 0 Å². The summed E-state index contributed by atoms with van der Waals surface area (Å²) in [6.45, 7) is 0. The minimum absolute atomic E-state index is 0.318. The van der Waals surface area contributed by atoms with Crippen LogP contribution >= 0.6 is 11.8 Å². The molecule has 2 rings (SSSR count). The highest BCUT2D eigenvalue weighted by molar-refractivity contribution is 7.98. The van der Waals surface area contributed by atoms with E-state index >= 15 is 0 Å². The Bertz CT molecular complexity index is 460. The zero-order valence-electron chi connectivity index (χ0n) is 6.18. The van der Waals surface area contributed by atoms with E-state index in [-0.39, 0.29) is 5.69 Å². The van der Waals surface area contributed by atoms with Crippen molar-refractivity contribution in [3.05, 3.63) is 16.8 Å². The van der Waals surface area contributed by atoms with Crippen molar-refractivity contribution in [1.82, 2.24) is 24.6 Å². The van der Waals surface area contributed by atoms with Gasteiger partial charge in [-0.05, 0) is 6.26 Å². The molecule has 62 valence electrons. The molecule has 0 aliphatic rings. The number of aromatic amines is 1. The molecular formula is C5H5N5OS. The van der Waals surface area contributed by atoms with Gasteiger partial charge >= 0.3 is 5.69 Å². The number of hydrogen-bond donors (Lipinski definition) is 1. The monoisotopic (exact) mass is 183 g/mol. The standard InChI is InChI=1S/C5H5N5OS/c1-12-4-8-3-6-2-7-10(3)5(11)9-4/h2H,1H3,(H,6,7,8,9,11). The molecule has 12 heavy (non-hydrogen) atoms. The second-order valence-electron chi connectivity index (χ2n) is 2.02. The van der Waals surface area contributed by atoms with Crippen LogP contribution in [0, 0.1) is 0 Å². The first kappa shape index (κ1) is 7.29. The summed E-state index contributed by atoms with van der Waals surface area (Å²) in [6, 6.07) is 0. The van der Waals surface area contributed by atoms with Crippen LogP contribution in [0.4, 0.5) is 0 Å². The Labute approximate surface area is 71.0 Å². The van der Waals surface area contributed by atoms with Crippen molar-refractivity contribution in [2.24, 2.45) is 0 Å². The Morgan fingerprint density at radius 1 is 1.67 bits per heavy atom. The SMILES string of the molecule is CSc1nc2ncnn2c(=O)[nH]1. The van der Waals surface area contributed by atoms with Crippen molar-refractivity contribution in [3.63, 3.8) is 0 Å². The normalized spacial score (nSPS) is 10.8. The lowest BCUT2D eigenvalue weighted by Crippen LogP contribution is -2.19. The van der Waals surface area contributed by atoms with Gasteiger partial charge < -0.3 is 0 Å². The maximum Gasteiger partial charge on any atom is 0.351 e. The quantitative estimate of drug-likeness (QED) is 0.605. The fourth-order valence-electron chi connectivity index (χ4n) is 0.815. The van der Waals surface area contributed by atoms with E-state index in [4.69, 9.17) is 0 Å². The second kappa shape index (κ2) is 2.59. The third kappa shape index (κ3) is 0.981. The molecule has 0 amide bonds. The average molecular weight is 183 g/mol. The van der Waals surface area contributed by atoms with Crippen LogP contribution in [0.1, 0.15) is 0 Å². The Morgan fingerprint density at radius 3 is 3.25 bits per heavy atom. The zero-order chi connectivity index (χ0) is 8.55. The molecule has 0 bridgehead atoms. The summed E-state index contributed by atoms with van der Waals surface area (Å²) in [5.74, 6) is 0.322. The van der Waals surface area contributed by atoms with Crippen molar-refractivity contribution in [3.8, 4) is 0 Å². The first-order chi connectivity index (χ1) is 5.81. The van der Waals surface area contributed by atoms with Crippen LogP contribution in [0.5, 0.6) is 0 Å². The molecule has 0 aromatic carbocycles. The van der Waals surface area contributed by atoms with Gasteiger partial charge in [-0.3, -0.25) is 4.98 Å². The lowest BCUT2D eigenvalue weighted by Gasteiger charge is -1.93. The Hall–Kier alpha value is -1.37. The summed E-state index contributed by atoms with van der Waals surface area (Å²) in [7, 11) is 0. The van der Waals surface area contributed by atoms with Gasteiger partial charge in [0.05, 0.1) is 0 Å². The second-order valence-corrected chi connectivity index (χ2v) is 2.82. The topological polar surface area (TPSA) is 75.9 Å². The molecule has 0 radical (unpaired) electrons. The predicted octanol–water partition coefficient (Wildman–Crippen LogP) is -0.466. The van der Waals surface area contributed by atoms with E-state index in [1.54, 1.807) is 0 Å². The lowest BCUT2D eigenvalue weighted by molar-refractivity contribution is 0.785. The number of nitrogens with one attached hydrogen (secondary N) is 1. The van der Waals surface area contributed by atoms with Crippen molar-refractivity contribution >= 4 is 17.5 Å². The highest BCUT2D eigenvalue weighted by Gasteiger charge is 2.02. The van der Waals surface area contributed by atoms with Crippen LogP contribution in [-0.4, -0.2) is 30.8 Å². The fourth-order valence-corrected chi connectivity index (χ4v) is 1.18. The fraction of sp³-hybridized carbons (Fsp3) is 0.200. The van der Waals surface area contributed by atoms with Crippen LogP contribution in [0.2, 0.25) is 0 Å². The molecule has 2 heterocycles. The highest BCUT2D eigenvalue weighted by atomic mass is 32.2. The molecule has 0 aliphatic heterocycles. The molecule has 7 heteroatoms. The number of hydrogen-bond acceptors (Lipinski definition) is 5. The molecular weight excluding hydrogens is 178 g/mol. The minimum atomic E-state index is -0.318. The number of thioether (sulfide) groups is 1. The smallest absolute Gasteiger partial charge is 0.285 e. The first-order valence-corrected chi connectivity index (χ1v) is 4.38. The molecule has 0 saturated heterocycles. The van der Waals surface area contributed by atoms with Gasteiger partial charge in [0.15, 0.2) is 5.16 Å². The molecule has 2 aromatic rings. The Balaban J connectivity index is 2.84. The molecule has 0 aliphatic carbocycles. The van der Waals surface area contributed by atoms with E-state index in [9.17, 15) is 4.79 Å². The largest absolute Gasteiger partial charge is 0.351 e. The predicted molar refractivity (Wildman–Crippen MR) is 43.2 cm³/mol. The summed E-state index contributed by atoms with van der Waals surface area (Å²) in [5.41, 5.74) is -0.318. The van der Waals surface area contributed by atoms with Gasteiger partial charge in [-0.25, -0.2) is 4.79 Å². The van der Waals surface area contributed by atoms with Crippen LogP contribution in [0.3, 0.4) is 0 Å². The summed E-state index contributed by atoms with van der Waals surface area (Å²) in [6.07, 6.45) is 3.12. The number of fused-ring (bicyclic) bond motifs is 1. The summed E-state index contributed by atoms with van der Waals surface area (Å²) in [5, 5.41) is 4.23. The summed E-state index contributed by atoms with van der Waals surface area (Å²) >= 11 is 1.35. The first-order valence-electron chi connectivity index (χ1n) is 3.15. The van der Waals surface area contributed by atoms with Gasteiger partial charge in [0.2, 0.25) is 0 Å². The molecule has 0 spiro atoms. The number of aromatic nitrogens is 5. The van der Waals surface area contributed by atoms with Crippen LogP contribution in [0.15, 0.2) is 16.3 Å². The van der Waals surface area contributed by atoms with Crippen molar-refractivity contribution in [2.45, 2.75) is 5.16 Å². The number of H-pyrrole nitrogens is 1. The molecule has 1 N–H and O–H groups in total. The van der Waals surface area contributed by atoms with E-state index < -0.39 is 0 Å². The maximum atomic E-state index is 11.2. The molecule has 0 atom stereocenters. The maximum absolute atomic E-state index is 11.2. The van der Waals surface area contributed by atoms with Crippen molar-refractivity contribution < 1.29 is 0 Å². The average Bonchev–Trinajstić information content (AvgIpc) is 2.52. The van der Waals surface area contributed by atoms with E-state index in [0.717, 1.165) is 4.52 Å². The van der Waals surface area contributed by atoms with Gasteiger partial charge in [0.1, 0.15) is 6.33 Å². The minimum Gasteiger partial charge on any atom is -0.285 e. The van der Waals surface area contributed by atoms with Gasteiger partial charge in [-0.1, -0.05) is 11.8 Å². The van der Waals surface area contributed by atoms with Gasteiger partial charge in [-0.2, -0.15) is 9.97 Å². The summed E-state index contributed by atoms with van der Waals surface area (Å²) < 4.78 is 1.11. The van der Waals surface area contributed by atoms with Crippen LogP contribution < -0.4 is 5.69 Å². The molecule has 0 unspecified atom stereocenters. The highest BCUT2D eigenvalue weighted by Crippen LogP contribution is 2.04. The van der Waals surface area contributed by atoms with Gasteiger partial charge in [-0.15, -0.1) is 9.61 Å². The molecule has 6 nitrogen and oxygen atoms in total. The third-order valence-corrected chi connectivity index (χ3v) is 1.91. The molecule has 2 aromatic heterocycles. The Kier molecular flexibility index (Phi) is 1.58. The van der Waals surface area contributed by atoms with E-state index in [1.807, 2.05) is 6.26 Å². The number of rotatable bonds is 1. The molecule has 0 saturated carbocycles.